The van der Waals surface area contributed by atoms with Crippen LogP contribution >= 0.6 is 0 Å². The molecule has 0 aliphatic rings. The SMILES string of the molecule is c1ccc2c(c1)c1ccccc1n2Cc1ccncc1. The van der Waals surface area contributed by atoms with Gasteiger partial charge in [0.05, 0.1) is 0 Å². The van der Waals surface area contributed by atoms with Crippen LogP contribution in [0.1, 0.15) is 5.56 Å². The third kappa shape index (κ3) is 1.69. The number of aromatic nitrogens is 2. The molecule has 0 radical (unpaired) electrons. The van der Waals surface area contributed by atoms with Gasteiger partial charge < -0.3 is 4.57 Å². The highest BCUT2D eigenvalue weighted by Gasteiger charge is 2.09. The number of para-hydroxylation sites is 2. The fraction of sp³-hybridized carbons (Fsp3) is 0.0556. The Hall–Kier alpha value is -2.61. The Morgan fingerprint density at radius 3 is 1.85 bits per heavy atom. The molecule has 4 rings (SSSR count). The lowest BCUT2D eigenvalue weighted by Gasteiger charge is -2.07. The molecule has 0 N–H and O–H groups in total. The molecular formula is C18H14N2. The molecule has 0 atom stereocenters. The molecular weight excluding hydrogens is 244 g/mol. The van der Waals surface area contributed by atoms with E-state index in [9.17, 15) is 0 Å². The molecule has 2 aromatic carbocycles. The van der Waals surface area contributed by atoms with Crippen molar-refractivity contribution in [3.05, 3.63) is 78.6 Å². The van der Waals surface area contributed by atoms with Gasteiger partial charge in [-0.15, -0.1) is 0 Å². The third-order valence-corrected chi connectivity index (χ3v) is 3.77. The molecule has 4 aromatic rings. The van der Waals surface area contributed by atoms with Gasteiger partial charge in [0, 0.05) is 40.7 Å². The monoisotopic (exact) mass is 258 g/mol. The first-order chi connectivity index (χ1) is 9.93. The van der Waals surface area contributed by atoms with Crippen molar-refractivity contribution in [2.45, 2.75) is 6.54 Å². The van der Waals surface area contributed by atoms with Crippen LogP contribution < -0.4 is 0 Å². The van der Waals surface area contributed by atoms with Crippen molar-refractivity contribution in [3.8, 4) is 0 Å². The van der Waals surface area contributed by atoms with Gasteiger partial charge in [-0.1, -0.05) is 36.4 Å². The summed E-state index contributed by atoms with van der Waals surface area (Å²) < 4.78 is 2.38. The van der Waals surface area contributed by atoms with Crippen molar-refractivity contribution in [3.63, 3.8) is 0 Å². The van der Waals surface area contributed by atoms with Crippen LogP contribution in [0.5, 0.6) is 0 Å². The highest BCUT2D eigenvalue weighted by molar-refractivity contribution is 6.08. The van der Waals surface area contributed by atoms with Gasteiger partial charge in [0.1, 0.15) is 0 Å². The lowest BCUT2D eigenvalue weighted by atomic mass is 10.2. The van der Waals surface area contributed by atoms with Crippen molar-refractivity contribution in [2.24, 2.45) is 0 Å². The molecule has 0 amide bonds. The molecule has 2 aromatic heterocycles. The van der Waals surface area contributed by atoms with Crippen LogP contribution in [0, 0.1) is 0 Å². The number of pyridine rings is 1. The minimum Gasteiger partial charge on any atom is -0.336 e. The zero-order valence-corrected chi connectivity index (χ0v) is 11.0. The smallest absolute Gasteiger partial charge is 0.0494 e. The van der Waals surface area contributed by atoms with E-state index in [1.54, 1.807) is 0 Å². The minimum absolute atomic E-state index is 0.872. The second-order valence-electron chi connectivity index (χ2n) is 4.98. The second-order valence-corrected chi connectivity index (χ2v) is 4.98. The van der Waals surface area contributed by atoms with Crippen molar-refractivity contribution < 1.29 is 0 Å². The van der Waals surface area contributed by atoms with Crippen LogP contribution in [0.2, 0.25) is 0 Å². The van der Waals surface area contributed by atoms with E-state index < -0.39 is 0 Å². The van der Waals surface area contributed by atoms with Gasteiger partial charge >= 0.3 is 0 Å². The molecule has 2 nitrogen and oxygen atoms in total. The molecule has 2 heteroatoms. The average molecular weight is 258 g/mol. The van der Waals surface area contributed by atoms with Crippen molar-refractivity contribution in [1.29, 1.82) is 0 Å². The van der Waals surface area contributed by atoms with Crippen LogP contribution in [0.4, 0.5) is 0 Å². The van der Waals surface area contributed by atoms with Gasteiger partial charge in [0.2, 0.25) is 0 Å². The zero-order chi connectivity index (χ0) is 13.4. The summed E-state index contributed by atoms with van der Waals surface area (Å²) in [5.41, 5.74) is 3.84. The Labute approximate surface area is 117 Å². The largest absolute Gasteiger partial charge is 0.336 e. The summed E-state index contributed by atoms with van der Waals surface area (Å²) in [7, 11) is 0. The lowest BCUT2D eigenvalue weighted by Crippen LogP contribution is -1.99. The van der Waals surface area contributed by atoms with Crippen molar-refractivity contribution in [2.75, 3.05) is 0 Å². The van der Waals surface area contributed by atoms with Gasteiger partial charge in [-0.05, 0) is 29.8 Å². The summed E-state index contributed by atoms with van der Waals surface area (Å²) in [6.45, 7) is 0.872. The highest BCUT2D eigenvalue weighted by atomic mass is 15.0. The maximum absolute atomic E-state index is 4.09. The Kier molecular flexibility index (Phi) is 2.52. The first-order valence-electron chi connectivity index (χ1n) is 6.78. The fourth-order valence-electron chi connectivity index (χ4n) is 2.84. The van der Waals surface area contributed by atoms with Gasteiger partial charge in [-0.3, -0.25) is 4.98 Å². The number of fused-ring (bicyclic) bond motifs is 3. The van der Waals surface area contributed by atoms with Crippen molar-refractivity contribution >= 4 is 21.8 Å². The quantitative estimate of drug-likeness (QED) is 0.526. The second kappa shape index (κ2) is 4.49. The standard InChI is InChI=1S/C18H14N2/c1-3-7-17-15(5-1)16-6-2-4-8-18(16)20(17)13-14-9-11-19-12-10-14/h1-12H,13H2. The highest BCUT2D eigenvalue weighted by Crippen LogP contribution is 2.29. The summed E-state index contributed by atoms with van der Waals surface area (Å²) in [5, 5.41) is 2.63. The molecule has 96 valence electrons. The molecule has 2 heterocycles. The summed E-state index contributed by atoms with van der Waals surface area (Å²) >= 11 is 0. The van der Waals surface area contributed by atoms with Gasteiger partial charge in [-0.2, -0.15) is 0 Å². The predicted octanol–water partition coefficient (Wildman–Crippen LogP) is 4.24. The van der Waals surface area contributed by atoms with E-state index in [1.807, 2.05) is 12.4 Å². The maximum atomic E-state index is 4.09. The van der Waals surface area contributed by atoms with Crippen LogP contribution in [0.3, 0.4) is 0 Å². The molecule has 0 spiro atoms. The fourth-order valence-corrected chi connectivity index (χ4v) is 2.84. The Balaban J connectivity index is 2.00. The number of hydrogen-bond donors (Lipinski definition) is 0. The molecule has 0 aliphatic heterocycles. The van der Waals surface area contributed by atoms with Crippen molar-refractivity contribution in [1.82, 2.24) is 9.55 Å². The van der Waals surface area contributed by atoms with Crippen LogP contribution in [-0.4, -0.2) is 9.55 Å². The van der Waals surface area contributed by atoms with E-state index in [0.29, 0.717) is 0 Å². The molecule has 0 unspecified atom stereocenters. The minimum atomic E-state index is 0.872. The number of rotatable bonds is 2. The van der Waals surface area contributed by atoms with Crippen LogP contribution in [-0.2, 0) is 6.54 Å². The Morgan fingerprint density at radius 1 is 0.700 bits per heavy atom. The van der Waals surface area contributed by atoms with E-state index in [4.69, 9.17) is 0 Å². The normalized spacial score (nSPS) is 11.2. The molecule has 0 fully saturated rings. The Bertz CT molecular complexity index is 822. The lowest BCUT2D eigenvalue weighted by molar-refractivity contribution is 0.866. The summed E-state index contributed by atoms with van der Waals surface area (Å²) in [5.74, 6) is 0. The summed E-state index contributed by atoms with van der Waals surface area (Å²) in [4.78, 5) is 4.09. The first kappa shape index (κ1) is 11.2. The third-order valence-electron chi connectivity index (χ3n) is 3.77. The van der Waals surface area contributed by atoms with E-state index in [1.165, 1.54) is 27.4 Å². The maximum Gasteiger partial charge on any atom is 0.0494 e. The van der Waals surface area contributed by atoms with Gasteiger partial charge in [0.15, 0.2) is 0 Å². The van der Waals surface area contributed by atoms with E-state index >= 15 is 0 Å². The molecule has 20 heavy (non-hydrogen) atoms. The predicted molar refractivity (Wildman–Crippen MR) is 82.8 cm³/mol. The zero-order valence-electron chi connectivity index (χ0n) is 11.0. The molecule has 0 aliphatic carbocycles. The molecule has 0 saturated carbocycles. The van der Waals surface area contributed by atoms with Crippen LogP contribution in [0.15, 0.2) is 73.1 Å². The summed E-state index contributed by atoms with van der Waals surface area (Å²) in [6, 6.07) is 21.3. The average Bonchev–Trinajstić information content (AvgIpc) is 2.84. The molecule has 0 saturated heterocycles. The van der Waals surface area contributed by atoms with Crippen LogP contribution in [0.25, 0.3) is 21.8 Å². The number of nitrogens with zero attached hydrogens (tertiary/aromatic N) is 2. The van der Waals surface area contributed by atoms with E-state index in [0.717, 1.165) is 6.54 Å². The topological polar surface area (TPSA) is 17.8 Å². The number of hydrogen-bond acceptors (Lipinski definition) is 1. The van der Waals surface area contributed by atoms with E-state index in [2.05, 4.69) is 70.2 Å². The number of benzene rings is 2. The van der Waals surface area contributed by atoms with E-state index in [-0.39, 0.29) is 0 Å². The molecule has 0 bridgehead atoms. The summed E-state index contributed by atoms with van der Waals surface area (Å²) in [6.07, 6.45) is 3.70. The Morgan fingerprint density at radius 2 is 1.25 bits per heavy atom. The first-order valence-corrected chi connectivity index (χ1v) is 6.78. The van der Waals surface area contributed by atoms with Gasteiger partial charge in [0.25, 0.3) is 0 Å². The van der Waals surface area contributed by atoms with Gasteiger partial charge in [-0.25, -0.2) is 0 Å².